The van der Waals surface area contributed by atoms with Crippen LogP contribution in [-0.2, 0) is 13.5 Å². The third-order valence-electron chi connectivity index (χ3n) is 2.10. The summed E-state index contributed by atoms with van der Waals surface area (Å²) in [5, 5.41) is 8.92. The molecule has 0 aromatic carbocycles. The Morgan fingerprint density at radius 2 is 2.29 bits per heavy atom. The molecule has 4 nitrogen and oxygen atoms in total. The Balaban J connectivity index is 2.98. The van der Waals surface area contributed by atoms with Crippen molar-refractivity contribution < 1.29 is 9.90 Å². The van der Waals surface area contributed by atoms with E-state index in [1.165, 1.54) is 0 Å². The monoisotopic (exact) mass is 216 g/mol. The number of carbonyl (C=O) groups is 1. The van der Waals surface area contributed by atoms with E-state index in [4.69, 9.17) is 16.7 Å². The number of carboxylic acid groups (broad SMARTS) is 1. The number of aromatic nitrogens is 2. The van der Waals surface area contributed by atoms with Gasteiger partial charge in [0.2, 0.25) is 0 Å². The Bertz CT molecular complexity index is 347. The summed E-state index contributed by atoms with van der Waals surface area (Å²) >= 11 is 5.71. The summed E-state index contributed by atoms with van der Waals surface area (Å²) in [6, 6.07) is 0. The first kappa shape index (κ1) is 11.0. The predicted molar refractivity (Wildman–Crippen MR) is 53.8 cm³/mol. The van der Waals surface area contributed by atoms with E-state index in [9.17, 15) is 4.79 Å². The van der Waals surface area contributed by atoms with Crippen LogP contribution in [0, 0.1) is 0 Å². The zero-order valence-corrected chi connectivity index (χ0v) is 9.01. The summed E-state index contributed by atoms with van der Waals surface area (Å²) in [5.41, 5.74) is 0.0674. The van der Waals surface area contributed by atoms with Crippen molar-refractivity contribution >= 4 is 17.6 Å². The van der Waals surface area contributed by atoms with E-state index in [1.54, 1.807) is 11.6 Å². The lowest BCUT2D eigenvalue weighted by molar-refractivity contribution is 0.0686. The molecular formula is C9H13ClN2O2. The molecule has 5 heteroatoms. The quantitative estimate of drug-likeness (QED) is 0.839. The van der Waals surface area contributed by atoms with Gasteiger partial charge in [0.05, 0.1) is 0 Å². The van der Waals surface area contributed by atoms with Crippen molar-refractivity contribution in [2.24, 2.45) is 7.05 Å². The fourth-order valence-electron chi connectivity index (χ4n) is 1.30. The number of imidazole rings is 1. The molecule has 0 amide bonds. The van der Waals surface area contributed by atoms with Crippen LogP contribution in [0.2, 0.25) is 5.15 Å². The molecule has 14 heavy (non-hydrogen) atoms. The van der Waals surface area contributed by atoms with Crippen LogP contribution < -0.4 is 0 Å². The first-order valence-electron chi connectivity index (χ1n) is 4.52. The SMILES string of the molecule is CCCCc1nc(Cl)c(C(=O)O)n1C. The number of aryl methyl sites for hydroxylation is 1. The summed E-state index contributed by atoms with van der Waals surface area (Å²) in [6.45, 7) is 2.07. The van der Waals surface area contributed by atoms with Gasteiger partial charge in [0.1, 0.15) is 5.82 Å². The van der Waals surface area contributed by atoms with Gasteiger partial charge in [-0.05, 0) is 6.42 Å². The normalized spacial score (nSPS) is 10.5. The van der Waals surface area contributed by atoms with Crippen molar-refractivity contribution in [2.45, 2.75) is 26.2 Å². The number of halogens is 1. The van der Waals surface area contributed by atoms with Crippen LogP contribution in [0.5, 0.6) is 0 Å². The van der Waals surface area contributed by atoms with Crippen molar-refractivity contribution in [1.29, 1.82) is 0 Å². The number of unbranched alkanes of at least 4 members (excludes halogenated alkanes) is 1. The molecule has 78 valence electrons. The van der Waals surface area contributed by atoms with E-state index < -0.39 is 5.97 Å². The van der Waals surface area contributed by atoms with E-state index in [1.807, 2.05) is 0 Å². The summed E-state index contributed by atoms with van der Waals surface area (Å²) in [7, 11) is 1.67. The Morgan fingerprint density at radius 3 is 2.71 bits per heavy atom. The minimum Gasteiger partial charge on any atom is -0.476 e. The average Bonchev–Trinajstić information content (AvgIpc) is 2.38. The molecule has 0 bridgehead atoms. The molecule has 0 unspecified atom stereocenters. The van der Waals surface area contributed by atoms with E-state index >= 15 is 0 Å². The molecule has 0 aliphatic carbocycles. The standard InChI is InChI=1S/C9H13ClN2O2/c1-3-4-5-6-11-8(10)7(9(13)14)12(6)2/h3-5H2,1-2H3,(H,13,14). The van der Waals surface area contributed by atoms with Crippen LogP contribution in [0.4, 0.5) is 0 Å². The van der Waals surface area contributed by atoms with Crippen molar-refractivity contribution in [2.75, 3.05) is 0 Å². The molecule has 0 fully saturated rings. The smallest absolute Gasteiger partial charge is 0.355 e. The maximum atomic E-state index is 10.8. The Kier molecular flexibility index (Phi) is 3.52. The zero-order chi connectivity index (χ0) is 10.7. The second-order valence-corrected chi connectivity index (χ2v) is 3.49. The van der Waals surface area contributed by atoms with Gasteiger partial charge in [-0.2, -0.15) is 0 Å². The van der Waals surface area contributed by atoms with Crippen LogP contribution in [0.25, 0.3) is 0 Å². The maximum Gasteiger partial charge on any atom is 0.355 e. The van der Waals surface area contributed by atoms with Crippen molar-refractivity contribution in [3.05, 3.63) is 16.7 Å². The van der Waals surface area contributed by atoms with Gasteiger partial charge in [-0.3, -0.25) is 0 Å². The molecule has 1 heterocycles. The molecule has 1 aromatic rings. The highest BCUT2D eigenvalue weighted by molar-refractivity contribution is 6.32. The molecule has 1 N–H and O–H groups in total. The summed E-state index contributed by atoms with van der Waals surface area (Å²) < 4.78 is 1.54. The van der Waals surface area contributed by atoms with Gasteiger partial charge in [0, 0.05) is 13.5 Å². The highest BCUT2D eigenvalue weighted by Crippen LogP contribution is 2.17. The van der Waals surface area contributed by atoms with E-state index in [2.05, 4.69) is 11.9 Å². The van der Waals surface area contributed by atoms with E-state index in [0.717, 1.165) is 25.1 Å². The molecule has 0 atom stereocenters. The van der Waals surface area contributed by atoms with Gasteiger partial charge in [-0.25, -0.2) is 9.78 Å². The van der Waals surface area contributed by atoms with Gasteiger partial charge in [0.15, 0.2) is 10.8 Å². The molecule has 0 spiro atoms. The number of hydrogen-bond acceptors (Lipinski definition) is 2. The van der Waals surface area contributed by atoms with Crippen LogP contribution in [0.1, 0.15) is 36.1 Å². The van der Waals surface area contributed by atoms with Gasteiger partial charge in [-0.15, -0.1) is 0 Å². The summed E-state index contributed by atoms with van der Waals surface area (Å²) in [4.78, 5) is 14.8. The fourth-order valence-corrected chi connectivity index (χ4v) is 1.60. The molecule has 0 aliphatic heterocycles. The average molecular weight is 217 g/mol. The molecule has 1 rings (SSSR count). The lowest BCUT2D eigenvalue weighted by Gasteiger charge is -2.01. The summed E-state index contributed by atoms with van der Waals surface area (Å²) in [6.07, 6.45) is 2.80. The van der Waals surface area contributed by atoms with Gasteiger partial charge in [-0.1, -0.05) is 24.9 Å². The molecule has 0 aliphatic rings. The number of nitrogens with zero attached hydrogens (tertiary/aromatic N) is 2. The lowest BCUT2D eigenvalue weighted by Crippen LogP contribution is -2.07. The molecule has 0 saturated carbocycles. The number of carboxylic acids is 1. The minimum atomic E-state index is -1.03. The maximum absolute atomic E-state index is 10.8. The van der Waals surface area contributed by atoms with Crippen LogP contribution in [0.3, 0.4) is 0 Å². The largest absolute Gasteiger partial charge is 0.476 e. The van der Waals surface area contributed by atoms with Crippen LogP contribution in [-0.4, -0.2) is 20.6 Å². The molecule has 0 saturated heterocycles. The second-order valence-electron chi connectivity index (χ2n) is 3.14. The van der Waals surface area contributed by atoms with Gasteiger partial charge >= 0.3 is 5.97 Å². The van der Waals surface area contributed by atoms with Crippen molar-refractivity contribution in [1.82, 2.24) is 9.55 Å². The first-order valence-corrected chi connectivity index (χ1v) is 4.90. The summed E-state index contributed by atoms with van der Waals surface area (Å²) in [5.74, 6) is -0.304. The van der Waals surface area contributed by atoms with Crippen molar-refractivity contribution in [3.8, 4) is 0 Å². The zero-order valence-electron chi connectivity index (χ0n) is 8.25. The van der Waals surface area contributed by atoms with Gasteiger partial charge in [0.25, 0.3) is 0 Å². The van der Waals surface area contributed by atoms with Crippen molar-refractivity contribution in [3.63, 3.8) is 0 Å². The first-order chi connectivity index (χ1) is 6.57. The second kappa shape index (κ2) is 4.46. The topological polar surface area (TPSA) is 55.1 Å². The third-order valence-corrected chi connectivity index (χ3v) is 2.37. The highest BCUT2D eigenvalue weighted by Gasteiger charge is 2.18. The minimum absolute atomic E-state index is 0.0674. The predicted octanol–water partition coefficient (Wildman–Crippen LogP) is 2.11. The Morgan fingerprint density at radius 1 is 1.64 bits per heavy atom. The number of hydrogen-bond donors (Lipinski definition) is 1. The van der Waals surface area contributed by atoms with E-state index in [-0.39, 0.29) is 10.8 Å². The molecule has 0 radical (unpaired) electrons. The lowest BCUT2D eigenvalue weighted by atomic mass is 10.2. The number of aromatic carboxylic acids is 1. The van der Waals surface area contributed by atoms with Gasteiger partial charge < -0.3 is 9.67 Å². The van der Waals surface area contributed by atoms with E-state index in [0.29, 0.717) is 0 Å². The molecular weight excluding hydrogens is 204 g/mol. The van der Waals surface area contributed by atoms with Crippen LogP contribution in [0.15, 0.2) is 0 Å². The number of rotatable bonds is 4. The Labute approximate surface area is 87.5 Å². The fraction of sp³-hybridized carbons (Fsp3) is 0.556. The van der Waals surface area contributed by atoms with Crippen LogP contribution >= 0.6 is 11.6 Å². The molecule has 1 aromatic heterocycles. The highest BCUT2D eigenvalue weighted by atomic mass is 35.5. The third kappa shape index (κ3) is 2.07. The Hall–Kier alpha value is -1.03.